The molecule has 0 spiro atoms. The second kappa shape index (κ2) is 6.93. The van der Waals surface area contributed by atoms with Gasteiger partial charge in [0.25, 0.3) is 0 Å². The number of rotatable bonds is 5. The third-order valence-corrected chi connectivity index (χ3v) is 4.53. The fraction of sp³-hybridized carbons (Fsp3) is 0.316. The van der Waals surface area contributed by atoms with Gasteiger partial charge in [0.05, 0.1) is 6.04 Å². The van der Waals surface area contributed by atoms with Crippen LogP contribution in [0, 0.1) is 5.92 Å². The molecule has 1 aliphatic rings. The molecule has 0 radical (unpaired) electrons. The van der Waals surface area contributed by atoms with E-state index in [0.717, 1.165) is 23.0 Å². The van der Waals surface area contributed by atoms with Crippen molar-refractivity contribution in [2.75, 3.05) is 7.05 Å². The minimum absolute atomic E-state index is 0.228. The van der Waals surface area contributed by atoms with E-state index in [2.05, 4.69) is 11.4 Å². The van der Waals surface area contributed by atoms with Gasteiger partial charge in [-0.05, 0) is 55.0 Å². The Labute approximate surface area is 141 Å². The number of ether oxygens (including phenoxy) is 1. The van der Waals surface area contributed by atoms with Crippen LogP contribution in [0.15, 0.2) is 54.6 Å². The second-order valence-corrected chi connectivity index (χ2v) is 6.13. The minimum atomic E-state index is -0.477. The summed E-state index contributed by atoms with van der Waals surface area (Å²) in [7, 11) is 1.51. The molecule has 2 aromatic carbocycles. The number of benzene rings is 2. The highest BCUT2D eigenvalue weighted by atomic mass is 16.5. The number of hydrogen-bond donors (Lipinski definition) is 2. The van der Waals surface area contributed by atoms with Crippen molar-refractivity contribution in [3.63, 3.8) is 0 Å². The number of para-hydroxylation sites is 1. The van der Waals surface area contributed by atoms with Gasteiger partial charge in [-0.15, -0.1) is 0 Å². The zero-order chi connectivity index (χ0) is 17.1. The monoisotopic (exact) mass is 326 g/mol. The van der Waals surface area contributed by atoms with Crippen molar-refractivity contribution in [2.45, 2.75) is 25.3 Å². The number of urea groups is 1. The third-order valence-electron chi connectivity index (χ3n) is 4.53. The fourth-order valence-electron chi connectivity index (χ4n) is 3.05. The zero-order valence-corrected chi connectivity index (χ0v) is 13.8. The predicted molar refractivity (Wildman–Crippen MR) is 91.3 cm³/mol. The lowest BCUT2D eigenvalue weighted by Gasteiger charge is -2.22. The van der Waals surface area contributed by atoms with Gasteiger partial charge in [0.2, 0.25) is 0 Å². The third kappa shape index (κ3) is 3.51. The van der Waals surface area contributed by atoms with Crippen LogP contribution < -0.4 is 10.1 Å². The summed E-state index contributed by atoms with van der Waals surface area (Å²) in [6.07, 6.45) is 0.948. The SMILES string of the molecule is CNC(=O)N(O)C(C)[C@@H]1C[C@H]1c1cccc(Oc2ccccc2)c1. The number of nitrogens with zero attached hydrogens (tertiary/aromatic N) is 1. The number of hydroxylamine groups is 2. The summed E-state index contributed by atoms with van der Waals surface area (Å²) >= 11 is 0. The zero-order valence-electron chi connectivity index (χ0n) is 13.8. The van der Waals surface area contributed by atoms with E-state index in [9.17, 15) is 10.0 Å². The first-order valence-corrected chi connectivity index (χ1v) is 8.13. The molecule has 3 atom stereocenters. The van der Waals surface area contributed by atoms with Gasteiger partial charge >= 0.3 is 6.03 Å². The first-order chi connectivity index (χ1) is 11.6. The molecule has 0 aliphatic heterocycles. The number of amides is 2. The summed E-state index contributed by atoms with van der Waals surface area (Å²) in [5.41, 5.74) is 1.17. The van der Waals surface area contributed by atoms with Gasteiger partial charge in [-0.1, -0.05) is 30.3 Å². The van der Waals surface area contributed by atoms with Gasteiger partial charge in [0.1, 0.15) is 11.5 Å². The Balaban J connectivity index is 1.67. The smallest absolute Gasteiger partial charge is 0.341 e. The topological polar surface area (TPSA) is 61.8 Å². The Hall–Kier alpha value is -2.53. The standard InChI is InChI=1S/C19H22N2O3/c1-13(21(23)19(22)20-2)17-12-18(17)14-7-6-10-16(11-14)24-15-8-4-3-5-9-15/h3-11,13,17-18,23H,12H2,1-2H3,(H,20,22)/t13?,17-,18-/m0/s1. The highest BCUT2D eigenvalue weighted by Crippen LogP contribution is 2.51. The van der Waals surface area contributed by atoms with E-state index in [0.29, 0.717) is 5.92 Å². The van der Waals surface area contributed by atoms with E-state index in [1.54, 1.807) is 0 Å². The summed E-state index contributed by atoms with van der Waals surface area (Å²) in [6, 6.07) is 17.0. The maximum Gasteiger partial charge on any atom is 0.341 e. The van der Waals surface area contributed by atoms with Crippen molar-refractivity contribution in [3.05, 3.63) is 60.2 Å². The summed E-state index contributed by atoms with van der Waals surface area (Å²) < 4.78 is 5.87. The molecule has 2 amide bonds. The number of carbonyl (C=O) groups is 1. The summed E-state index contributed by atoms with van der Waals surface area (Å²) in [5.74, 6) is 2.18. The van der Waals surface area contributed by atoms with E-state index in [-0.39, 0.29) is 12.0 Å². The largest absolute Gasteiger partial charge is 0.457 e. The van der Waals surface area contributed by atoms with Crippen LogP contribution in [-0.2, 0) is 0 Å². The summed E-state index contributed by atoms with van der Waals surface area (Å²) in [4.78, 5) is 11.5. The molecule has 5 nitrogen and oxygen atoms in total. The molecule has 126 valence electrons. The van der Waals surface area contributed by atoms with Crippen LogP contribution >= 0.6 is 0 Å². The Morgan fingerprint density at radius 3 is 2.62 bits per heavy atom. The first kappa shape index (κ1) is 16.3. The Morgan fingerprint density at radius 1 is 1.21 bits per heavy atom. The van der Waals surface area contributed by atoms with Crippen LogP contribution in [0.3, 0.4) is 0 Å². The minimum Gasteiger partial charge on any atom is -0.457 e. The van der Waals surface area contributed by atoms with Crippen LogP contribution in [0.5, 0.6) is 11.5 Å². The molecule has 1 unspecified atom stereocenters. The van der Waals surface area contributed by atoms with E-state index < -0.39 is 6.03 Å². The van der Waals surface area contributed by atoms with Crippen LogP contribution in [0.2, 0.25) is 0 Å². The lowest BCUT2D eigenvalue weighted by molar-refractivity contribution is -0.0787. The molecule has 1 fully saturated rings. The van der Waals surface area contributed by atoms with Crippen LogP contribution in [0.1, 0.15) is 24.8 Å². The molecule has 2 N–H and O–H groups in total. The molecule has 3 rings (SSSR count). The average Bonchev–Trinajstić information content (AvgIpc) is 3.41. The molecule has 5 heteroatoms. The van der Waals surface area contributed by atoms with Crippen molar-refractivity contribution in [3.8, 4) is 11.5 Å². The van der Waals surface area contributed by atoms with Crippen molar-refractivity contribution in [1.82, 2.24) is 10.4 Å². The van der Waals surface area contributed by atoms with Gasteiger partial charge < -0.3 is 10.1 Å². The molecule has 1 aliphatic carbocycles. The molecule has 0 aromatic heterocycles. The lowest BCUT2D eigenvalue weighted by Crippen LogP contribution is -2.42. The van der Waals surface area contributed by atoms with Crippen LogP contribution in [0.25, 0.3) is 0 Å². The molecule has 0 saturated heterocycles. The maximum absolute atomic E-state index is 11.5. The molecular weight excluding hydrogens is 304 g/mol. The van der Waals surface area contributed by atoms with Crippen molar-refractivity contribution in [2.24, 2.45) is 5.92 Å². The number of hydrogen-bond acceptors (Lipinski definition) is 3. The Bertz CT molecular complexity index is 705. The van der Waals surface area contributed by atoms with E-state index >= 15 is 0 Å². The lowest BCUT2D eigenvalue weighted by atomic mass is 10.1. The highest BCUT2D eigenvalue weighted by Gasteiger charge is 2.45. The first-order valence-electron chi connectivity index (χ1n) is 8.13. The second-order valence-electron chi connectivity index (χ2n) is 6.13. The Kier molecular flexibility index (Phi) is 4.71. The molecule has 24 heavy (non-hydrogen) atoms. The number of nitrogens with one attached hydrogen (secondary N) is 1. The molecule has 0 heterocycles. The summed E-state index contributed by atoms with van der Waals surface area (Å²) in [5, 5.41) is 13.1. The van der Waals surface area contributed by atoms with Crippen LogP contribution in [-0.4, -0.2) is 29.4 Å². The van der Waals surface area contributed by atoms with Crippen molar-refractivity contribution >= 4 is 6.03 Å². The summed E-state index contributed by atoms with van der Waals surface area (Å²) in [6.45, 7) is 1.87. The molecule has 0 bridgehead atoms. The Morgan fingerprint density at radius 2 is 1.92 bits per heavy atom. The normalized spacial score (nSPS) is 20.1. The van der Waals surface area contributed by atoms with E-state index in [4.69, 9.17) is 4.74 Å². The van der Waals surface area contributed by atoms with Gasteiger partial charge in [0, 0.05) is 7.05 Å². The number of carbonyl (C=O) groups excluding carboxylic acids is 1. The molecule has 1 saturated carbocycles. The average molecular weight is 326 g/mol. The van der Waals surface area contributed by atoms with Gasteiger partial charge in [-0.2, -0.15) is 0 Å². The van der Waals surface area contributed by atoms with Crippen molar-refractivity contribution < 1.29 is 14.7 Å². The van der Waals surface area contributed by atoms with Crippen LogP contribution in [0.4, 0.5) is 4.79 Å². The fourth-order valence-corrected chi connectivity index (χ4v) is 3.05. The van der Waals surface area contributed by atoms with Crippen molar-refractivity contribution in [1.29, 1.82) is 0 Å². The van der Waals surface area contributed by atoms with E-state index in [1.165, 1.54) is 12.6 Å². The van der Waals surface area contributed by atoms with Gasteiger partial charge in [0.15, 0.2) is 0 Å². The predicted octanol–water partition coefficient (Wildman–Crippen LogP) is 4.00. The van der Waals surface area contributed by atoms with Gasteiger partial charge in [-0.3, -0.25) is 5.21 Å². The quantitative estimate of drug-likeness (QED) is 0.645. The highest BCUT2D eigenvalue weighted by molar-refractivity contribution is 5.72. The molecule has 2 aromatic rings. The van der Waals surface area contributed by atoms with E-state index in [1.807, 2.05) is 55.5 Å². The maximum atomic E-state index is 11.5. The molecular formula is C19H22N2O3. The van der Waals surface area contributed by atoms with Gasteiger partial charge in [-0.25, -0.2) is 9.86 Å².